The second-order valence-corrected chi connectivity index (χ2v) is 6.96. The van der Waals surface area contributed by atoms with Crippen molar-refractivity contribution in [2.24, 2.45) is 0 Å². The topological polar surface area (TPSA) is 79.0 Å². The lowest BCUT2D eigenvalue weighted by Gasteiger charge is -2.44. The van der Waals surface area contributed by atoms with E-state index in [2.05, 4.69) is 5.32 Å². The summed E-state index contributed by atoms with van der Waals surface area (Å²) in [6, 6.07) is -0.367. The molecule has 0 bridgehead atoms. The summed E-state index contributed by atoms with van der Waals surface area (Å²) in [6.45, 7) is 4.65. The van der Waals surface area contributed by atoms with Crippen molar-refractivity contribution in [1.82, 2.24) is 15.1 Å². The molecule has 0 aromatic carbocycles. The highest BCUT2D eigenvalue weighted by atomic mass is 16.5. The highest BCUT2D eigenvalue weighted by Crippen LogP contribution is 2.29. The molecule has 0 radical (unpaired) electrons. The number of hydrogen-bond donors (Lipinski definition) is 1. The summed E-state index contributed by atoms with van der Waals surface area (Å²) in [7, 11) is 0. The molecule has 2 atom stereocenters. The van der Waals surface area contributed by atoms with E-state index in [4.69, 9.17) is 4.74 Å². The fourth-order valence-electron chi connectivity index (χ4n) is 4.18. The quantitative estimate of drug-likeness (QED) is 0.784. The van der Waals surface area contributed by atoms with Crippen LogP contribution in [0.25, 0.3) is 0 Å². The van der Waals surface area contributed by atoms with Crippen LogP contribution in [-0.2, 0) is 14.3 Å². The van der Waals surface area contributed by atoms with Gasteiger partial charge in [-0.05, 0) is 25.7 Å². The number of amides is 4. The van der Waals surface area contributed by atoms with Gasteiger partial charge in [-0.25, -0.2) is 4.79 Å². The van der Waals surface area contributed by atoms with Crippen molar-refractivity contribution in [3.05, 3.63) is 0 Å². The highest BCUT2D eigenvalue weighted by molar-refractivity contribution is 6.09. The minimum Gasteiger partial charge on any atom is -0.374 e. The summed E-state index contributed by atoms with van der Waals surface area (Å²) in [5.41, 5.74) is -0.851. The lowest BCUT2D eigenvalue weighted by molar-refractivity contribution is -0.152. The zero-order chi connectivity index (χ0) is 17.3. The van der Waals surface area contributed by atoms with Crippen molar-refractivity contribution in [3.8, 4) is 0 Å². The predicted molar refractivity (Wildman–Crippen MR) is 87.3 cm³/mol. The van der Waals surface area contributed by atoms with Crippen LogP contribution in [0, 0.1) is 0 Å². The third-order valence-electron chi connectivity index (χ3n) is 5.80. The fourth-order valence-corrected chi connectivity index (χ4v) is 4.18. The zero-order valence-electron chi connectivity index (χ0n) is 14.5. The minimum absolute atomic E-state index is 0.0860. The Kier molecular flexibility index (Phi) is 4.80. The first-order valence-electron chi connectivity index (χ1n) is 9.07. The maximum absolute atomic E-state index is 12.8. The second-order valence-electron chi connectivity index (χ2n) is 6.96. The van der Waals surface area contributed by atoms with Gasteiger partial charge in [0, 0.05) is 6.54 Å². The molecule has 4 amide bonds. The third-order valence-corrected chi connectivity index (χ3v) is 5.80. The summed E-state index contributed by atoms with van der Waals surface area (Å²) >= 11 is 0. The van der Waals surface area contributed by atoms with Gasteiger partial charge in [0.05, 0.1) is 18.8 Å². The molecule has 3 aliphatic rings. The van der Waals surface area contributed by atoms with Gasteiger partial charge in [-0.1, -0.05) is 26.7 Å². The van der Waals surface area contributed by atoms with Crippen LogP contribution < -0.4 is 5.32 Å². The first kappa shape index (κ1) is 17.2. The number of rotatable bonds is 4. The van der Waals surface area contributed by atoms with Crippen LogP contribution in [0.3, 0.4) is 0 Å². The number of nitrogens with one attached hydrogen (secondary N) is 1. The van der Waals surface area contributed by atoms with E-state index < -0.39 is 11.6 Å². The first-order chi connectivity index (χ1) is 11.5. The highest BCUT2D eigenvalue weighted by Gasteiger charge is 2.50. The number of carbonyl (C=O) groups is 3. The monoisotopic (exact) mass is 337 g/mol. The lowest BCUT2D eigenvalue weighted by atomic mass is 9.90. The van der Waals surface area contributed by atoms with Crippen LogP contribution >= 0.6 is 0 Å². The Morgan fingerprint density at radius 3 is 2.62 bits per heavy atom. The summed E-state index contributed by atoms with van der Waals surface area (Å²) in [4.78, 5) is 40.6. The molecule has 1 saturated carbocycles. The van der Waals surface area contributed by atoms with Gasteiger partial charge in [0.25, 0.3) is 5.91 Å². The molecular weight excluding hydrogens is 310 g/mol. The number of carbonyl (C=O) groups excluding carboxylic acids is 3. The number of fused-ring (bicyclic) bond motifs is 1. The SMILES string of the molecule is CCC1(CC)NC(=O)N(CC(=O)N2CCO[C@H]3CCCC[C@@H]32)C1=O. The maximum Gasteiger partial charge on any atom is 0.325 e. The molecule has 0 aromatic rings. The fraction of sp³-hybridized carbons (Fsp3) is 0.824. The van der Waals surface area contributed by atoms with Crippen LogP contribution in [0.2, 0.25) is 0 Å². The molecule has 1 aliphatic carbocycles. The van der Waals surface area contributed by atoms with Crippen molar-refractivity contribution >= 4 is 17.8 Å². The van der Waals surface area contributed by atoms with Crippen molar-refractivity contribution in [2.45, 2.75) is 70.1 Å². The largest absolute Gasteiger partial charge is 0.374 e. The van der Waals surface area contributed by atoms with Gasteiger partial charge in [-0.3, -0.25) is 14.5 Å². The zero-order valence-corrected chi connectivity index (χ0v) is 14.5. The van der Waals surface area contributed by atoms with Gasteiger partial charge in [0.2, 0.25) is 5.91 Å². The van der Waals surface area contributed by atoms with Gasteiger partial charge in [-0.15, -0.1) is 0 Å². The molecule has 1 N–H and O–H groups in total. The van der Waals surface area contributed by atoms with Crippen molar-refractivity contribution < 1.29 is 19.1 Å². The Labute approximate surface area is 142 Å². The molecule has 2 saturated heterocycles. The molecule has 7 heteroatoms. The molecule has 2 heterocycles. The van der Waals surface area contributed by atoms with Crippen molar-refractivity contribution in [3.63, 3.8) is 0 Å². The Morgan fingerprint density at radius 1 is 1.25 bits per heavy atom. The molecule has 3 fully saturated rings. The van der Waals surface area contributed by atoms with E-state index in [9.17, 15) is 14.4 Å². The average molecular weight is 337 g/mol. The van der Waals surface area contributed by atoms with Crippen LogP contribution in [0.15, 0.2) is 0 Å². The van der Waals surface area contributed by atoms with E-state index in [0.717, 1.165) is 30.6 Å². The van der Waals surface area contributed by atoms with Gasteiger partial charge in [-0.2, -0.15) is 0 Å². The van der Waals surface area contributed by atoms with Crippen molar-refractivity contribution in [2.75, 3.05) is 19.7 Å². The Morgan fingerprint density at radius 2 is 1.96 bits per heavy atom. The Hall–Kier alpha value is -1.63. The molecule has 0 unspecified atom stereocenters. The van der Waals surface area contributed by atoms with E-state index in [0.29, 0.717) is 26.0 Å². The number of morpholine rings is 1. The predicted octanol–water partition coefficient (Wildman–Crippen LogP) is 1.27. The number of ether oxygens (including phenoxy) is 1. The number of imide groups is 1. The third kappa shape index (κ3) is 2.79. The molecule has 3 rings (SSSR count). The Balaban J connectivity index is 1.70. The van der Waals surface area contributed by atoms with Crippen LogP contribution in [0.5, 0.6) is 0 Å². The summed E-state index contributed by atoms with van der Waals surface area (Å²) < 4.78 is 5.79. The smallest absolute Gasteiger partial charge is 0.325 e. The van der Waals surface area contributed by atoms with Gasteiger partial charge in [0.1, 0.15) is 12.1 Å². The summed E-state index contributed by atoms with van der Waals surface area (Å²) in [6.07, 6.45) is 5.29. The first-order valence-corrected chi connectivity index (χ1v) is 9.07. The van der Waals surface area contributed by atoms with Gasteiger partial charge >= 0.3 is 6.03 Å². The molecule has 134 valence electrons. The van der Waals surface area contributed by atoms with Crippen LogP contribution in [0.1, 0.15) is 52.4 Å². The van der Waals surface area contributed by atoms with Crippen LogP contribution in [-0.4, -0.2) is 65.0 Å². The van der Waals surface area contributed by atoms with Gasteiger partial charge < -0.3 is 15.0 Å². The molecule has 2 aliphatic heterocycles. The van der Waals surface area contributed by atoms with Crippen LogP contribution in [0.4, 0.5) is 4.79 Å². The number of nitrogens with zero attached hydrogens (tertiary/aromatic N) is 2. The standard InChI is InChI=1S/C17H27N3O4/c1-3-17(4-2)15(22)20(16(23)18-17)11-14(21)19-9-10-24-13-8-6-5-7-12(13)19/h12-13H,3-11H2,1-2H3,(H,18,23)/t12-,13-/m0/s1. The molecule has 0 spiro atoms. The molecule has 0 aromatic heterocycles. The lowest BCUT2D eigenvalue weighted by Crippen LogP contribution is -2.57. The maximum atomic E-state index is 12.8. The minimum atomic E-state index is -0.851. The normalized spacial score (nSPS) is 29.4. The van der Waals surface area contributed by atoms with E-state index in [1.807, 2.05) is 18.7 Å². The van der Waals surface area contributed by atoms with Crippen molar-refractivity contribution in [1.29, 1.82) is 0 Å². The van der Waals surface area contributed by atoms with E-state index in [1.54, 1.807) is 0 Å². The average Bonchev–Trinajstić information content (AvgIpc) is 2.85. The summed E-state index contributed by atoms with van der Waals surface area (Å²) in [5.74, 6) is -0.430. The second kappa shape index (κ2) is 6.70. The Bertz CT molecular complexity index is 530. The molecule has 24 heavy (non-hydrogen) atoms. The molecular formula is C17H27N3O4. The number of hydrogen-bond acceptors (Lipinski definition) is 4. The van der Waals surface area contributed by atoms with E-state index in [1.165, 1.54) is 0 Å². The number of urea groups is 1. The van der Waals surface area contributed by atoms with Gasteiger partial charge in [0.15, 0.2) is 0 Å². The molecule has 7 nitrogen and oxygen atoms in total. The summed E-state index contributed by atoms with van der Waals surface area (Å²) in [5, 5.41) is 2.77. The van der Waals surface area contributed by atoms with E-state index in [-0.39, 0.29) is 30.5 Å². The van der Waals surface area contributed by atoms with E-state index >= 15 is 0 Å².